The van der Waals surface area contributed by atoms with Gasteiger partial charge in [0.05, 0.1) is 45.3 Å². The van der Waals surface area contributed by atoms with Crippen molar-refractivity contribution < 1.29 is 58.9 Å². The Kier molecular flexibility index (Phi) is 12.9. The maximum absolute atomic E-state index is 12.5. The van der Waals surface area contributed by atoms with Gasteiger partial charge in [-0.2, -0.15) is 40.7 Å². The molecule has 4 aromatic rings. The molecule has 4 aromatic carbocycles. The van der Waals surface area contributed by atoms with Crippen LogP contribution in [0.15, 0.2) is 140 Å². The van der Waals surface area contributed by atoms with Crippen molar-refractivity contribution in [2.45, 2.75) is 25.9 Å². The number of hydrazone groups is 2. The summed E-state index contributed by atoms with van der Waals surface area (Å²) >= 11 is -5.25. The molecule has 0 aromatic heterocycles. The first-order valence-corrected chi connectivity index (χ1v) is 17.4. The third-order valence-corrected chi connectivity index (χ3v) is 7.02. The zero-order valence-electron chi connectivity index (χ0n) is 27.8. The molecule has 0 bridgehead atoms. The van der Waals surface area contributed by atoms with E-state index in [0.717, 1.165) is 0 Å². The molecule has 2 heterocycles. The molecule has 0 aliphatic carbocycles. The van der Waals surface area contributed by atoms with Gasteiger partial charge in [0.15, 0.2) is 12.1 Å². The molecular formula is C34H30CrN8O10. The first-order chi connectivity index (χ1) is 25.2. The van der Waals surface area contributed by atoms with Crippen LogP contribution < -0.4 is 10.0 Å². The van der Waals surface area contributed by atoms with Crippen LogP contribution in [-0.2, 0) is 30.8 Å². The van der Waals surface area contributed by atoms with Gasteiger partial charge >= 0.3 is 41.5 Å². The van der Waals surface area contributed by atoms with Crippen LogP contribution in [0.4, 0.5) is 22.7 Å². The van der Waals surface area contributed by atoms with E-state index in [9.17, 15) is 19.2 Å². The van der Waals surface area contributed by atoms with Gasteiger partial charge in [0, 0.05) is 0 Å². The fraction of sp³-hybridized carbons (Fsp3) is 0.118. The number of carbonyl (C=O) groups is 4. The second kappa shape index (κ2) is 17.5. The van der Waals surface area contributed by atoms with E-state index in [2.05, 4.69) is 30.7 Å². The summed E-state index contributed by atoms with van der Waals surface area (Å²) in [7, 11) is 0. The van der Waals surface area contributed by atoms with E-state index in [-0.39, 0.29) is 34.3 Å². The van der Waals surface area contributed by atoms with Gasteiger partial charge < -0.3 is 10.2 Å². The summed E-state index contributed by atoms with van der Waals surface area (Å²) in [5, 5.41) is 45.2. The fourth-order valence-electron chi connectivity index (χ4n) is 4.61. The summed E-state index contributed by atoms with van der Waals surface area (Å²) in [5.41, 5.74) is 2.74. The molecule has 0 spiro atoms. The van der Waals surface area contributed by atoms with Gasteiger partial charge in [0.25, 0.3) is 11.8 Å². The average molecular weight is 763 g/mol. The molecule has 2 unspecified atom stereocenters. The van der Waals surface area contributed by atoms with E-state index < -0.39 is 37.6 Å². The van der Waals surface area contributed by atoms with Crippen molar-refractivity contribution in [3.8, 4) is 0 Å². The number of aromatic carboxylic acids is 2. The zero-order chi connectivity index (χ0) is 38.7. The van der Waals surface area contributed by atoms with Crippen LogP contribution in [0.3, 0.4) is 0 Å². The molecule has 2 amide bonds. The number of benzene rings is 4. The Balaban J connectivity index is 0.000000210. The Labute approximate surface area is 303 Å². The van der Waals surface area contributed by atoms with Crippen LogP contribution in [0.25, 0.3) is 0 Å². The number of azo groups is 2. The number of hydrogen-bond donors (Lipinski definition) is 4. The summed E-state index contributed by atoms with van der Waals surface area (Å²) in [6, 6.07) is 28.8. The number of carbonyl (C=O) groups excluding carboxylic acids is 2. The van der Waals surface area contributed by atoms with E-state index in [1.54, 1.807) is 62.4 Å². The molecule has 19 heteroatoms. The maximum atomic E-state index is 12.5. The molecule has 2 aliphatic heterocycles. The Morgan fingerprint density at radius 2 is 0.887 bits per heavy atom. The molecule has 6 rings (SSSR count). The van der Waals surface area contributed by atoms with Crippen molar-refractivity contribution in [1.82, 2.24) is 0 Å². The van der Waals surface area contributed by atoms with Crippen LogP contribution in [0.1, 0.15) is 34.6 Å². The van der Waals surface area contributed by atoms with Gasteiger partial charge in [0.2, 0.25) is 0 Å². The van der Waals surface area contributed by atoms with Crippen LogP contribution >= 0.6 is 0 Å². The number of rotatable bonds is 8. The first-order valence-electron chi connectivity index (χ1n) is 15.2. The molecular weight excluding hydrogens is 732 g/mol. The molecule has 4 N–H and O–H groups in total. The van der Waals surface area contributed by atoms with E-state index in [4.69, 9.17) is 26.1 Å². The van der Waals surface area contributed by atoms with Crippen molar-refractivity contribution >= 4 is 57.9 Å². The number of para-hydroxylation sites is 2. The van der Waals surface area contributed by atoms with E-state index in [1.165, 1.54) is 34.3 Å². The standard InChI is InChI=1S/2C17H14N4O3.Cr.2H2O.2O/c2*1-11-15(16(22)21(20-11)12-7-3-2-4-8-12)19-18-14-10-6-5-9-13(14)17(23)24;;;;;/h2*2-10,15H,1H3,(H,23,24);;2*1H2;;/q;;+2;;;;/p-2. The molecule has 2 aliphatic rings. The summed E-state index contributed by atoms with van der Waals surface area (Å²) in [6.45, 7) is 3.38. The van der Waals surface area contributed by atoms with Crippen molar-refractivity contribution in [2.75, 3.05) is 10.0 Å². The third kappa shape index (κ3) is 10.7. The van der Waals surface area contributed by atoms with Crippen molar-refractivity contribution in [2.24, 2.45) is 30.7 Å². The minimum atomic E-state index is -5.25. The Bertz CT molecular complexity index is 2080. The molecule has 18 nitrogen and oxygen atoms in total. The van der Waals surface area contributed by atoms with Gasteiger partial charge in [-0.05, 0) is 62.4 Å². The Morgan fingerprint density at radius 1 is 0.585 bits per heavy atom. The van der Waals surface area contributed by atoms with Crippen LogP contribution in [0.5, 0.6) is 0 Å². The average Bonchev–Trinajstić information content (AvgIpc) is 3.58. The molecule has 0 fully saturated rings. The molecule has 53 heavy (non-hydrogen) atoms. The Morgan fingerprint density at radius 3 is 1.21 bits per heavy atom. The molecule has 272 valence electrons. The first kappa shape index (κ1) is 39.1. The van der Waals surface area contributed by atoms with Crippen LogP contribution in [0.2, 0.25) is 0 Å². The van der Waals surface area contributed by atoms with E-state index in [1.807, 2.05) is 36.4 Å². The normalized spacial score (nSPS) is 16.8. The van der Waals surface area contributed by atoms with Gasteiger partial charge in [0.1, 0.15) is 0 Å². The molecule has 0 radical (unpaired) electrons. The number of nitrogens with zero attached hydrogens (tertiary/aromatic N) is 8. The predicted octanol–water partition coefficient (Wildman–Crippen LogP) is 5.17. The van der Waals surface area contributed by atoms with E-state index in [0.29, 0.717) is 22.8 Å². The number of amides is 2. The summed E-state index contributed by atoms with van der Waals surface area (Å²) in [6.07, 6.45) is 0. The Hall–Kier alpha value is -6.65. The number of anilines is 2. The van der Waals surface area contributed by atoms with Crippen molar-refractivity contribution in [1.29, 1.82) is 0 Å². The van der Waals surface area contributed by atoms with E-state index >= 15 is 0 Å². The minimum absolute atomic E-state index is 0.0289. The van der Waals surface area contributed by atoms with Crippen molar-refractivity contribution in [3.05, 3.63) is 120 Å². The monoisotopic (exact) mass is 762 g/mol. The fourth-order valence-corrected chi connectivity index (χ4v) is 4.61. The number of carboxylic acid groups (broad SMARTS) is 2. The van der Waals surface area contributed by atoms with Crippen LogP contribution in [-0.4, -0.2) is 65.8 Å². The quantitative estimate of drug-likeness (QED) is 0.171. The summed E-state index contributed by atoms with van der Waals surface area (Å²) in [4.78, 5) is 47.4. The van der Waals surface area contributed by atoms with Crippen LogP contribution in [0, 0.1) is 0 Å². The second-order valence-electron chi connectivity index (χ2n) is 10.8. The SMILES string of the molecule is CC1=NN(c2ccccc2)C(=O)C1N=Nc1ccccc1C(=O)O.CC1=NN(c2ccccc2)C(=O)C1N=Nc1ccccc1C(=O)O.[O]=[Cr](=[O])([OH])[OH]. The molecule has 0 saturated carbocycles. The van der Waals surface area contributed by atoms with Gasteiger partial charge in [-0.3, -0.25) is 9.59 Å². The molecule has 2 atom stereocenters. The third-order valence-electron chi connectivity index (χ3n) is 7.02. The number of carboxylic acids is 2. The van der Waals surface area contributed by atoms with Gasteiger partial charge in [-0.25, -0.2) is 9.59 Å². The van der Waals surface area contributed by atoms with Gasteiger partial charge in [-0.15, -0.1) is 0 Å². The predicted molar refractivity (Wildman–Crippen MR) is 183 cm³/mol. The van der Waals surface area contributed by atoms with Crippen molar-refractivity contribution in [3.63, 3.8) is 0 Å². The second-order valence-corrected chi connectivity index (χ2v) is 12.2. The summed E-state index contributed by atoms with van der Waals surface area (Å²) < 4.78 is 31.9. The topological polar surface area (TPSA) is 264 Å². The number of hydrogen-bond acceptors (Lipinski definition) is 12. The molecule has 0 saturated heterocycles. The zero-order valence-corrected chi connectivity index (χ0v) is 29.0. The summed E-state index contributed by atoms with van der Waals surface area (Å²) in [5.74, 6) is -2.84. The van der Waals surface area contributed by atoms with Gasteiger partial charge in [-0.1, -0.05) is 60.7 Å².